The molecule has 2 rings (SSSR count). The molecule has 25 heavy (non-hydrogen) atoms. The number of aryl methyl sites for hydroxylation is 1. The third kappa shape index (κ3) is 6.53. The van der Waals surface area contributed by atoms with Gasteiger partial charge in [0.1, 0.15) is 0 Å². The van der Waals surface area contributed by atoms with Crippen LogP contribution in [0.2, 0.25) is 0 Å². The summed E-state index contributed by atoms with van der Waals surface area (Å²) in [4.78, 5) is 0.529. The van der Waals surface area contributed by atoms with Crippen molar-refractivity contribution >= 4 is 27.8 Å². The number of thiophene rings is 1. The molecule has 0 nitrogen and oxygen atoms in total. The monoisotopic (exact) mass is 388 g/mol. The molecule has 2 aromatic rings. The van der Waals surface area contributed by atoms with Gasteiger partial charge in [-0.15, -0.1) is 13.2 Å². The van der Waals surface area contributed by atoms with Crippen LogP contribution < -0.4 is 0 Å². The molecular formula is C16H20BF7S. The van der Waals surface area contributed by atoms with Crippen molar-refractivity contribution in [1.82, 2.24) is 0 Å². The molecule has 1 aromatic carbocycles. The van der Waals surface area contributed by atoms with Gasteiger partial charge >= 0.3 is 12.8 Å². The van der Waals surface area contributed by atoms with Crippen LogP contribution >= 0.6 is 10.5 Å². The minimum Gasteiger partial charge on any atom is -0.418 e. The topological polar surface area (TPSA) is 0 Å². The van der Waals surface area contributed by atoms with Gasteiger partial charge in [-0.05, 0) is 23.5 Å². The second-order valence-electron chi connectivity index (χ2n) is 6.61. The first-order valence-corrected chi connectivity index (χ1v) is 8.90. The summed E-state index contributed by atoms with van der Waals surface area (Å²) < 4.78 is 79.7. The van der Waals surface area contributed by atoms with Gasteiger partial charge in [0.2, 0.25) is 0 Å². The number of hydrogen-bond acceptors (Lipinski definition) is 0. The summed E-state index contributed by atoms with van der Waals surface area (Å²) in [5, 5.41) is 0.738. The molecule has 0 amide bonds. The molecule has 0 saturated heterocycles. The number of benzene rings is 1. The average Bonchev–Trinajstić information content (AvgIpc) is 2.72. The van der Waals surface area contributed by atoms with Gasteiger partial charge < -0.3 is 17.3 Å². The molecule has 0 radical (unpaired) electrons. The van der Waals surface area contributed by atoms with E-state index in [1.54, 1.807) is 12.1 Å². The van der Waals surface area contributed by atoms with E-state index in [2.05, 4.69) is 0 Å². The normalized spacial score (nSPS) is 13.6. The summed E-state index contributed by atoms with van der Waals surface area (Å²) in [6.07, 6.45) is 1.26. The van der Waals surface area contributed by atoms with Crippen molar-refractivity contribution in [1.29, 1.82) is 0 Å². The molecule has 0 saturated carbocycles. The van der Waals surface area contributed by atoms with Crippen molar-refractivity contribution in [3.8, 4) is 0 Å². The molecule has 1 aromatic heterocycles. The van der Waals surface area contributed by atoms with Gasteiger partial charge in [-0.2, -0.15) is 0 Å². The van der Waals surface area contributed by atoms with Crippen LogP contribution in [0.1, 0.15) is 44.6 Å². The fourth-order valence-corrected chi connectivity index (χ4v) is 4.45. The van der Waals surface area contributed by atoms with Crippen LogP contribution in [-0.2, 0) is 17.3 Å². The lowest BCUT2D eigenvalue weighted by molar-refractivity contribution is -0.0867. The summed E-state index contributed by atoms with van der Waals surface area (Å²) in [5.74, 6) is 0. The SMILES string of the molecule is CCCc1cc2ccc(C(C)(C)C)cc2[s+]1C(F)(F)F.F[B-](F)(F)F. The Labute approximate surface area is 145 Å². The zero-order valence-corrected chi connectivity index (χ0v) is 15.2. The molecular weight excluding hydrogens is 368 g/mol. The van der Waals surface area contributed by atoms with E-state index in [9.17, 15) is 30.4 Å². The van der Waals surface area contributed by atoms with Crippen LogP contribution in [0.5, 0.6) is 0 Å². The first-order valence-electron chi connectivity index (χ1n) is 7.68. The van der Waals surface area contributed by atoms with E-state index in [0.29, 0.717) is 16.0 Å². The third-order valence-corrected chi connectivity index (χ3v) is 5.51. The summed E-state index contributed by atoms with van der Waals surface area (Å²) in [5.41, 5.74) is -3.35. The van der Waals surface area contributed by atoms with Crippen LogP contribution in [0.25, 0.3) is 10.1 Å². The Balaban J connectivity index is 0.000000550. The Morgan fingerprint density at radius 2 is 1.48 bits per heavy atom. The van der Waals surface area contributed by atoms with Gasteiger partial charge in [-0.3, -0.25) is 0 Å². The minimum atomic E-state index is -6.00. The van der Waals surface area contributed by atoms with Gasteiger partial charge in [-0.1, -0.05) is 33.8 Å². The number of halogens is 7. The molecule has 0 aliphatic rings. The van der Waals surface area contributed by atoms with Crippen LogP contribution in [-0.4, -0.2) is 7.25 Å². The van der Waals surface area contributed by atoms with Crippen LogP contribution in [0.4, 0.5) is 30.4 Å². The van der Waals surface area contributed by atoms with Crippen LogP contribution in [0.15, 0.2) is 24.3 Å². The highest BCUT2D eigenvalue weighted by Gasteiger charge is 2.47. The number of fused-ring (bicyclic) bond motifs is 1. The van der Waals surface area contributed by atoms with Crippen molar-refractivity contribution in [3.63, 3.8) is 0 Å². The first kappa shape index (κ1) is 21.8. The number of hydrogen-bond donors (Lipinski definition) is 0. The molecule has 142 valence electrons. The van der Waals surface area contributed by atoms with E-state index in [4.69, 9.17) is 0 Å². The fraction of sp³-hybridized carbons (Fsp3) is 0.500. The highest BCUT2D eigenvalue weighted by molar-refractivity contribution is 7.38. The van der Waals surface area contributed by atoms with E-state index in [-0.39, 0.29) is 5.41 Å². The van der Waals surface area contributed by atoms with Crippen LogP contribution in [0, 0.1) is 0 Å². The molecule has 0 aliphatic carbocycles. The molecule has 1 heterocycles. The lowest BCUT2D eigenvalue weighted by Gasteiger charge is -2.18. The third-order valence-electron chi connectivity index (χ3n) is 3.41. The van der Waals surface area contributed by atoms with E-state index in [1.165, 1.54) is 0 Å². The van der Waals surface area contributed by atoms with Gasteiger partial charge in [0.05, 0.1) is 10.5 Å². The van der Waals surface area contributed by atoms with Crippen molar-refractivity contribution < 1.29 is 30.4 Å². The van der Waals surface area contributed by atoms with Gasteiger partial charge in [0.15, 0.2) is 9.58 Å². The summed E-state index contributed by atoms with van der Waals surface area (Å²) in [7, 11) is -7.74. The Hall–Kier alpha value is -1.25. The fourth-order valence-electron chi connectivity index (χ4n) is 2.36. The molecule has 0 fully saturated rings. The first-order chi connectivity index (χ1) is 11.1. The predicted octanol–water partition coefficient (Wildman–Crippen LogP) is 7.62. The lowest BCUT2D eigenvalue weighted by Crippen LogP contribution is -2.10. The number of alkyl halides is 3. The molecule has 0 aliphatic heterocycles. The molecule has 0 bridgehead atoms. The lowest BCUT2D eigenvalue weighted by atomic mass is 9.87. The maximum Gasteiger partial charge on any atom is 0.673 e. The molecule has 1 unspecified atom stereocenters. The second kappa shape index (κ2) is 7.56. The van der Waals surface area contributed by atoms with E-state index in [1.807, 2.05) is 39.8 Å². The van der Waals surface area contributed by atoms with E-state index in [0.717, 1.165) is 17.4 Å². The maximum atomic E-state index is 13.4. The van der Waals surface area contributed by atoms with Crippen molar-refractivity contribution in [3.05, 3.63) is 34.7 Å². The molecule has 9 heteroatoms. The van der Waals surface area contributed by atoms with E-state index >= 15 is 0 Å². The zero-order chi connectivity index (χ0) is 19.6. The quantitative estimate of drug-likeness (QED) is 0.282. The second-order valence-corrected chi connectivity index (χ2v) is 8.65. The standard InChI is InChI=1S/C16H20F3S.BF4/c1-5-6-13-9-11-7-8-12(15(2,3)4)10-14(11)20(13)16(17,18)19;2-1(3,4)5/h7-10H,5-6H2,1-4H3;/q+1;-1. The Bertz CT molecular complexity index is 702. The van der Waals surface area contributed by atoms with Gasteiger partial charge in [0.25, 0.3) is 0 Å². The van der Waals surface area contributed by atoms with Gasteiger partial charge in [0, 0.05) is 23.9 Å². The Morgan fingerprint density at radius 3 is 1.88 bits per heavy atom. The smallest absolute Gasteiger partial charge is 0.418 e. The van der Waals surface area contributed by atoms with E-state index < -0.39 is 23.2 Å². The van der Waals surface area contributed by atoms with Crippen molar-refractivity contribution in [2.75, 3.05) is 0 Å². The summed E-state index contributed by atoms with van der Waals surface area (Å²) in [6, 6.07) is 7.28. The maximum absolute atomic E-state index is 13.4. The minimum absolute atomic E-state index is 0.136. The Morgan fingerprint density at radius 1 is 0.960 bits per heavy atom. The average molecular weight is 388 g/mol. The predicted molar refractivity (Wildman–Crippen MR) is 90.6 cm³/mol. The Kier molecular flexibility index (Phi) is 6.59. The summed E-state index contributed by atoms with van der Waals surface area (Å²) >= 11 is 0. The van der Waals surface area contributed by atoms with Gasteiger partial charge in [-0.25, -0.2) is 0 Å². The van der Waals surface area contributed by atoms with Crippen LogP contribution in [0.3, 0.4) is 0 Å². The largest absolute Gasteiger partial charge is 0.673 e. The summed E-state index contributed by atoms with van der Waals surface area (Å²) in [6.45, 7) is 7.99. The van der Waals surface area contributed by atoms with Crippen molar-refractivity contribution in [2.24, 2.45) is 0 Å². The van der Waals surface area contributed by atoms with Crippen molar-refractivity contribution in [2.45, 2.75) is 51.5 Å². The molecule has 1 atom stereocenters. The molecule has 0 spiro atoms. The number of rotatable bonds is 2. The highest BCUT2D eigenvalue weighted by atomic mass is 32.2. The molecule has 0 N–H and O–H groups in total. The highest BCUT2D eigenvalue weighted by Crippen LogP contribution is 2.51. The zero-order valence-electron chi connectivity index (χ0n) is 14.4.